The predicted molar refractivity (Wildman–Crippen MR) is 124 cm³/mol. The first kappa shape index (κ1) is 22.2. The van der Waals surface area contributed by atoms with E-state index < -0.39 is 0 Å². The lowest BCUT2D eigenvalue weighted by Gasteiger charge is -2.28. The molecule has 1 saturated heterocycles. The van der Waals surface area contributed by atoms with Crippen LogP contribution in [0, 0.1) is 18.7 Å². The molecule has 2 heterocycles. The van der Waals surface area contributed by atoms with Gasteiger partial charge in [0.2, 0.25) is 5.91 Å². The highest BCUT2D eigenvalue weighted by atomic mass is 19.1. The number of likely N-dealkylation sites (tertiary alicyclic amines) is 1. The lowest BCUT2D eigenvalue weighted by atomic mass is 9.88. The number of halogens is 1. The van der Waals surface area contributed by atoms with Gasteiger partial charge < -0.3 is 4.90 Å². The Hall–Kier alpha value is -3.05. The lowest BCUT2D eigenvalue weighted by Crippen LogP contribution is -2.35. The molecule has 1 fully saturated rings. The average molecular weight is 432 g/mol. The summed E-state index contributed by atoms with van der Waals surface area (Å²) in [5.74, 6) is 0.456. The first-order chi connectivity index (χ1) is 15.5. The van der Waals surface area contributed by atoms with Crippen LogP contribution in [0.4, 0.5) is 4.39 Å². The molecular formula is C27H30FN3O. The topological polar surface area (TPSA) is 36.4 Å². The van der Waals surface area contributed by atoms with Crippen molar-refractivity contribution < 1.29 is 9.18 Å². The summed E-state index contributed by atoms with van der Waals surface area (Å²) in [4.78, 5) is 20.9. The van der Waals surface area contributed by atoms with Crippen molar-refractivity contribution in [2.45, 2.75) is 32.9 Å². The molecule has 5 heteroatoms. The summed E-state index contributed by atoms with van der Waals surface area (Å²) in [5.41, 5.74) is 4.25. The molecule has 166 valence electrons. The maximum Gasteiger partial charge on any atom is 0.219 e. The van der Waals surface area contributed by atoms with E-state index in [-0.39, 0.29) is 23.6 Å². The van der Waals surface area contributed by atoms with Gasteiger partial charge in [0.05, 0.1) is 0 Å². The van der Waals surface area contributed by atoms with Gasteiger partial charge in [-0.3, -0.25) is 14.7 Å². The normalized spacial score (nSPS) is 18.6. The molecule has 0 aliphatic carbocycles. The van der Waals surface area contributed by atoms with Crippen molar-refractivity contribution in [2.75, 3.05) is 19.6 Å². The molecule has 0 spiro atoms. The SMILES string of the molecule is CC(=O)N(Cc1cccnc1)CC1CN(Cc2ccccc2F)CC1c1ccc(C)cc1. The number of hydrogen-bond acceptors (Lipinski definition) is 3. The van der Waals surface area contributed by atoms with Gasteiger partial charge >= 0.3 is 0 Å². The first-order valence-electron chi connectivity index (χ1n) is 11.2. The van der Waals surface area contributed by atoms with E-state index in [1.807, 2.05) is 35.4 Å². The number of rotatable bonds is 7. The van der Waals surface area contributed by atoms with Gasteiger partial charge in [-0.25, -0.2) is 4.39 Å². The standard InChI is InChI=1S/C27H30FN3O/c1-20-9-11-23(12-10-20)26-19-30(16-24-7-3-4-8-27(24)28)17-25(26)18-31(21(2)32)15-22-6-5-13-29-14-22/h3-14,25-26H,15-19H2,1-2H3. The van der Waals surface area contributed by atoms with Crippen molar-refractivity contribution in [1.29, 1.82) is 0 Å². The van der Waals surface area contributed by atoms with Crippen LogP contribution < -0.4 is 0 Å². The van der Waals surface area contributed by atoms with Crippen molar-refractivity contribution in [1.82, 2.24) is 14.8 Å². The quantitative estimate of drug-likeness (QED) is 0.540. The maximum atomic E-state index is 14.3. The Bertz CT molecular complexity index is 1040. The minimum Gasteiger partial charge on any atom is -0.338 e. The van der Waals surface area contributed by atoms with Crippen LogP contribution in [-0.4, -0.2) is 40.3 Å². The zero-order chi connectivity index (χ0) is 22.5. The van der Waals surface area contributed by atoms with E-state index >= 15 is 0 Å². The summed E-state index contributed by atoms with van der Waals surface area (Å²) < 4.78 is 14.3. The van der Waals surface area contributed by atoms with Gasteiger partial charge in [-0.15, -0.1) is 0 Å². The van der Waals surface area contributed by atoms with Crippen LogP contribution in [0.3, 0.4) is 0 Å². The molecule has 32 heavy (non-hydrogen) atoms. The second-order valence-corrected chi connectivity index (χ2v) is 8.82. The second kappa shape index (κ2) is 10.0. The summed E-state index contributed by atoms with van der Waals surface area (Å²) in [6.45, 7) is 7.18. The van der Waals surface area contributed by atoms with Crippen LogP contribution in [0.2, 0.25) is 0 Å². The number of benzene rings is 2. The summed E-state index contributed by atoms with van der Waals surface area (Å²) in [5, 5.41) is 0. The number of pyridine rings is 1. The zero-order valence-corrected chi connectivity index (χ0v) is 18.7. The summed E-state index contributed by atoms with van der Waals surface area (Å²) in [6.07, 6.45) is 3.55. The Kier molecular flexibility index (Phi) is 6.96. The minimum atomic E-state index is -0.162. The number of amides is 1. The lowest BCUT2D eigenvalue weighted by molar-refractivity contribution is -0.130. The van der Waals surface area contributed by atoms with Gasteiger partial charge in [0.25, 0.3) is 0 Å². The van der Waals surface area contributed by atoms with Crippen molar-refractivity contribution in [3.05, 3.63) is 101 Å². The van der Waals surface area contributed by atoms with Crippen molar-refractivity contribution in [3.63, 3.8) is 0 Å². The Labute approximate surface area is 189 Å². The number of aromatic nitrogens is 1. The average Bonchev–Trinajstić information content (AvgIpc) is 3.18. The fourth-order valence-corrected chi connectivity index (χ4v) is 4.63. The molecule has 3 aromatic rings. The third-order valence-corrected chi connectivity index (χ3v) is 6.37. The van der Waals surface area contributed by atoms with E-state index in [2.05, 4.69) is 41.1 Å². The molecule has 4 rings (SSSR count). The van der Waals surface area contributed by atoms with Gasteiger partial charge in [0.1, 0.15) is 5.82 Å². The molecule has 2 atom stereocenters. The van der Waals surface area contributed by atoms with Crippen LogP contribution in [0.25, 0.3) is 0 Å². The van der Waals surface area contributed by atoms with E-state index in [1.54, 1.807) is 19.2 Å². The van der Waals surface area contributed by atoms with Crippen molar-refractivity contribution in [3.8, 4) is 0 Å². The number of aryl methyl sites for hydroxylation is 1. The van der Waals surface area contributed by atoms with Gasteiger partial charge in [-0.1, -0.05) is 54.1 Å². The van der Waals surface area contributed by atoms with Crippen molar-refractivity contribution in [2.24, 2.45) is 5.92 Å². The fraction of sp³-hybridized carbons (Fsp3) is 0.333. The van der Waals surface area contributed by atoms with E-state index in [9.17, 15) is 9.18 Å². The highest BCUT2D eigenvalue weighted by molar-refractivity contribution is 5.73. The highest BCUT2D eigenvalue weighted by Gasteiger charge is 2.35. The van der Waals surface area contributed by atoms with E-state index in [0.29, 0.717) is 19.6 Å². The Morgan fingerprint density at radius 1 is 1.09 bits per heavy atom. The molecule has 0 N–H and O–H groups in total. The molecule has 2 aromatic carbocycles. The molecular weight excluding hydrogens is 401 g/mol. The largest absolute Gasteiger partial charge is 0.338 e. The van der Waals surface area contributed by atoms with Crippen LogP contribution in [-0.2, 0) is 17.9 Å². The Morgan fingerprint density at radius 3 is 2.56 bits per heavy atom. The third kappa shape index (κ3) is 5.40. The summed E-state index contributed by atoms with van der Waals surface area (Å²) in [7, 11) is 0. The van der Waals surface area contributed by atoms with Crippen LogP contribution in [0.15, 0.2) is 73.1 Å². The Balaban J connectivity index is 1.55. The van der Waals surface area contributed by atoms with Crippen LogP contribution >= 0.6 is 0 Å². The molecule has 2 unspecified atom stereocenters. The third-order valence-electron chi connectivity index (χ3n) is 6.37. The van der Waals surface area contributed by atoms with Crippen molar-refractivity contribution >= 4 is 5.91 Å². The van der Waals surface area contributed by atoms with Gasteiger partial charge in [-0.2, -0.15) is 0 Å². The summed E-state index contributed by atoms with van der Waals surface area (Å²) >= 11 is 0. The molecule has 1 amide bonds. The molecule has 0 radical (unpaired) electrons. The van der Waals surface area contributed by atoms with Gasteiger partial charge in [0, 0.05) is 63.5 Å². The molecule has 1 aromatic heterocycles. The van der Waals surface area contributed by atoms with Gasteiger partial charge in [0.15, 0.2) is 0 Å². The van der Waals surface area contributed by atoms with E-state index in [4.69, 9.17) is 0 Å². The molecule has 1 aliphatic rings. The minimum absolute atomic E-state index is 0.0593. The number of carbonyl (C=O) groups is 1. The second-order valence-electron chi connectivity index (χ2n) is 8.82. The molecule has 1 aliphatic heterocycles. The smallest absolute Gasteiger partial charge is 0.219 e. The number of hydrogen-bond donors (Lipinski definition) is 0. The number of nitrogens with zero attached hydrogens (tertiary/aromatic N) is 3. The van der Waals surface area contributed by atoms with E-state index in [1.165, 1.54) is 17.2 Å². The Morgan fingerprint density at radius 2 is 1.88 bits per heavy atom. The van der Waals surface area contributed by atoms with Crippen LogP contribution in [0.5, 0.6) is 0 Å². The monoisotopic (exact) mass is 431 g/mol. The maximum absolute atomic E-state index is 14.3. The van der Waals surface area contributed by atoms with Gasteiger partial charge in [-0.05, 0) is 36.1 Å². The first-order valence-corrected chi connectivity index (χ1v) is 11.2. The van der Waals surface area contributed by atoms with Crippen LogP contribution in [0.1, 0.15) is 35.1 Å². The molecule has 4 nitrogen and oxygen atoms in total. The van der Waals surface area contributed by atoms with E-state index in [0.717, 1.165) is 24.2 Å². The molecule has 0 bridgehead atoms. The highest BCUT2D eigenvalue weighted by Crippen LogP contribution is 2.35. The fourth-order valence-electron chi connectivity index (χ4n) is 4.63. The predicted octanol–water partition coefficient (Wildman–Crippen LogP) is 4.79. The zero-order valence-electron chi connectivity index (χ0n) is 18.7. The molecule has 0 saturated carbocycles. The number of carbonyl (C=O) groups excluding carboxylic acids is 1. The summed E-state index contributed by atoms with van der Waals surface area (Å²) in [6, 6.07) is 19.6.